The van der Waals surface area contributed by atoms with Crippen molar-refractivity contribution in [3.63, 3.8) is 0 Å². The molecule has 24 heavy (non-hydrogen) atoms. The highest BCUT2D eigenvalue weighted by molar-refractivity contribution is 6.12. The van der Waals surface area contributed by atoms with Crippen LogP contribution in [0.1, 0.15) is 39.0 Å². The second kappa shape index (κ2) is 11.7. The molecule has 8 heteroatoms. The van der Waals surface area contributed by atoms with Crippen molar-refractivity contribution in [3.8, 4) is 0 Å². The van der Waals surface area contributed by atoms with E-state index in [-0.39, 0.29) is 43.2 Å². The molecule has 0 radical (unpaired) electrons. The Hall–Kier alpha value is -1.80. The monoisotopic (exact) mass is 343 g/mol. The number of ketones is 2. The van der Waals surface area contributed by atoms with E-state index in [4.69, 9.17) is 14.2 Å². The minimum Gasteiger partial charge on any atom is -0.446 e. The maximum absolute atomic E-state index is 11.6. The first kappa shape index (κ1) is 20.2. The number of ether oxygens (including phenoxy) is 3. The van der Waals surface area contributed by atoms with Crippen LogP contribution in [0.5, 0.6) is 0 Å². The summed E-state index contributed by atoms with van der Waals surface area (Å²) >= 11 is 0. The summed E-state index contributed by atoms with van der Waals surface area (Å²) in [6, 6.07) is 0. The topological polar surface area (TPSA) is 108 Å². The van der Waals surface area contributed by atoms with Crippen LogP contribution in [0, 0.1) is 0 Å². The number of rotatable bonds is 12. The highest BCUT2D eigenvalue weighted by Crippen LogP contribution is 2.15. The molecule has 1 rings (SSSR count). The number of nitrogens with one attached hydrogen (secondary N) is 1. The van der Waals surface area contributed by atoms with Crippen LogP contribution in [-0.2, 0) is 33.4 Å². The molecule has 0 unspecified atom stereocenters. The molecule has 1 fully saturated rings. The SMILES string of the molecule is CCOCCOCCNC(=O)CCCC(=O)OC1C(=O)CCC1=O. The van der Waals surface area contributed by atoms with Crippen LogP contribution in [0.15, 0.2) is 0 Å². The van der Waals surface area contributed by atoms with Crippen LogP contribution < -0.4 is 5.32 Å². The van der Waals surface area contributed by atoms with Crippen LogP contribution in [0.25, 0.3) is 0 Å². The summed E-state index contributed by atoms with van der Waals surface area (Å²) in [7, 11) is 0. The number of Topliss-reactive ketones (excluding diaryl/α,β-unsaturated/α-hetero) is 2. The third-order valence-corrected chi connectivity index (χ3v) is 3.38. The second-order valence-corrected chi connectivity index (χ2v) is 5.32. The Morgan fingerprint density at radius 3 is 2.38 bits per heavy atom. The molecule has 1 N–H and O–H groups in total. The predicted octanol–water partition coefficient (Wildman–Crippen LogP) is 0.170. The Morgan fingerprint density at radius 1 is 1.04 bits per heavy atom. The molecule has 1 saturated carbocycles. The highest BCUT2D eigenvalue weighted by Gasteiger charge is 2.35. The van der Waals surface area contributed by atoms with E-state index >= 15 is 0 Å². The molecule has 0 aromatic heterocycles. The van der Waals surface area contributed by atoms with E-state index in [0.29, 0.717) is 39.4 Å². The molecule has 136 valence electrons. The summed E-state index contributed by atoms with van der Waals surface area (Å²) in [6.45, 7) is 4.34. The van der Waals surface area contributed by atoms with E-state index in [1.54, 1.807) is 0 Å². The van der Waals surface area contributed by atoms with Gasteiger partial charge in [-0.2, -0.15) is 0 Å². The van der Waals surface area contributed by atoms with Gasteiger partial charge in [-0.3, -0.25) is 19.2 Å². The summed E-state index contributed by atoms with van der Waals surface area (Å²) in [4.78, 5) is 45.8. The Bertz CT molecular complexity index is 434. The molecule has 0 atom stereocenters. The average Bonchev–Trinajstić information content (AvgIpc) is 2.86. The highest BCUT2D eigenvalue weighted by atomic mass is 16.6. The molecule has 0 aliphatic heterocycles. The molecule has 1 amide bonds. The Kier molecular flexibility index (Phi) is 9.86. The molecule has 0 saturated heterocycles. The van der Waals surface area contributed by atoms with Crippen molar-refractivity contribution in [2.75, 3.05) is 33.0 Å². The molecule has 1 aliphatic rings. The fourth-order valence-corrected chi connectivity index (χ4v) is 2.12. The van der Waals surface area contributed by atoms with Gasteiger partial charge in [0.25, 0.3) is 0 Å². The van der Waals surface area contributed by atoms with Crippen molar-refractivity contribution >= 4 is 23.4 Å². The minimum absolute atomic E-state index is 0.00463. The largest absolute Gasteiger partial charge is 0.446 e. The molecular formula is C16H25NO7. The van der Waals surface area contributed by atoms with E-state index < -0.39 is 12.1 Å². The fourth-order valence-electron chi connectivity index (χ4n) is 2.12. The normalized spacial score (nSPS) is 14.9. The van der Waals surface area contributed by atoms with Gasteiger partial charge in [-0.1, -0.05) is 0 Å². The lowest BCUT2D eigenvalue weighted by molar-refractivity contribution is -0.157. The van der Waals surface area contributed by atoms with Gasteiger partial charge in [0, 0.05) is 38.8 Å². The lowest BCUT2D eigenvalue weighted by Gasteiger charge is -2.09. The van der Waals surface area contributed by atoms with Crippen LogP contribution in [0.2, 0.25) is 0 Å². The smallest absolute Gasteiger partial charge is 0.306 e. The fraction of sp³-hybridized carbons (Fsp3) is 0.750. The number of carbonyl (C=O) groups excluding carboxylic acids is 4. The standard InChI is InChI=1S/C16H25NO7/c1-2-22-10-11-23-9-8-17-14(20)4-3-5-15(21)24-16-12(18)6-7-13(16)19/h16H,2-11H2,1H3,(H,17,20). The first-order chi connectivity index (χ1) is 11.5. The summed E-state index contributed by atoms with van der Waals surface area (Å²) in [5.74, 6) is -1.52. The van der Waals surface area contributed by atoms with E-state index in [2.05, 4.69) is 5.32 Å². The van der Waals surface area contributed by atoms with Gasteiger partial charge in [0.1, 0.15) is 0 Å². The zero-order valence-corrected chi connectivity index (χ0v) is 14.0. The van der Waals surface area contributed by atoms with E-state index in [9.17, 15) is 19.2 Å². The number of hydrogen-bond donors (Lipinski definition) is 1. The van der Waals surface area contributed by atoms with Gasteiger partial charge in [0.2, 0.25) is 12.0 Å². The van der Waals surface area contributed by atoms with Crippen LogP contribution in [0.3, 0.4) is 0 Å². The summed E-state index contributed by atoms with van der Waals surface area (Å²) in [5.41, 5.74) is 0. The van der Waals surface area contributed by atoms with Gasteiger partial charge in [0.05, 0.1) is 19.8 Å². The Labute approximate surface area is 141 Å². The van der Waals surface area contributed by atoms with E-state index in [1.165, 1.54) is 0 Å². The van der Waals surface area contributed by atoms with Gasteiger partial charge < -0.3 is 19.5 Å². The summed E-state index contributed by atoms with van der Waals surface area (Å²) in [6.07, 6.45) is -0.515. The third-order valence-electron chi connectivity index (χ3n) is 3.38. The van der Waals surface area contributed by atoms with Crippen LogP contribution in [-0.4, -0.2) is 62.5 Å². The lowest BCUT2D eigenvalue weighted by atomic mass is 10.2. The van der Waals surface area contributed by atoms with E-state index in [1.807, 2.05) is 6.92 Å². The Balaban J connectivity index is 2.01. The maximum Gasteiger partial charge on any atom is 0.306 e. The van der Waals surface area contributed by atoms with Crippen molar-refractivity contribution in [3.05, 3.63) is 0 Å². The third kappa shape index (κ3) is 8.16. The zero-order chi connectivity index (χ0) is 17.8. The van der Waals surface area contributed by atoms with Crippen molar-refractivity contribution in [1.82, 2.24) is 5.32 Å². The van der Waals surface area contributed by atoms with Gasteiger partial charge in [-0.25, -0.2) is 0 Å². The van der Waals surface area contributed by atoms with Crippen molar-refractivity contribution in [2.45, 2.75) is 45.1 Å². The average molecular weight is 343 g/mol. The number of carbonyl (C=O) groups is 4. The first-order valence-electron chi connectivity index (χ1n) is 8.21. The second-order valence-electron chi connectivity index (χ2n) is 5.32. The predicted molar refractivity (Wildman–Crippen MR) is 83.3 cm³/mol. The number of esters is 1. The van der Waals surface area contributed by atoms with E-state index in [0.717, 1.165) is 0 Å². The molecule has 0 heterocycles. The lowest BCUT2D eigenvalue weighted by Crippen LogP contribution is -2.29. The van der Waals surface area contributed by atoms with Crippen LogP contribution in [0.4, 0.5) is 0 Å². The molecule has 1 aliphatic carbocycles. The maximum atomic E-state index is 11.6. The Morgan fingerprint density at radius 2 is 1.71 bits per heavy atom. The molecule has 0 spiro atoms. The van der Waals surface area contributed by atoms with Gasteiger partial charge in [-0.15, -0.1) is 0 Å². The van der Waals surface area contributed by atoms with Gasteiger partial charge in [-0.05, 0) is 13.3 Å². The van der Waals surface area contributed by atoms with Crippen molar-refractivity contribution < 1.29 is 33.4 Å². The van der Waals surface area contributed by atoms with Crippen molar-refractivity contribution in [1.29, 1.82) is 0 Å². The van der Waals surface area contributed by atoms with Gasteiger partial charge >= 0.3 is 5.97 Å². The number of amides is 1. The summed E-state index contributed by atoms with van der Waals surface area (Å²) < 4.78 is 15.2. The molecule has 0 aromatic carbocycles. The first-order valence-corrected chi connectivity index (χ1v) is 8.21. The number of hydrogen-bond acceptors (Lipinski definition) is 7. The zero-order valence-electron chi connectivity index (χ0n) is 14.0. The molecule has 8 nitrogen and oxygen atoms in total. The van der Waals surface area contributed by atoms with Gasteiger partial charge in [0.15, 0.2) is 11.6 Å². The van der Waals surface area contributed by atoms with Crippen LogP contribution >= 0.6 is 0 Å². The quantitative estimate of drug-likeness (QED) is 0.306. The summed E-state index contributed by atoms with van der Waals surface area (Å²) in [5, 5.41) is 2.67. The molecule has 0 aromatic rings. The van der Waals surface area contributed by atoms with Crippen molar-refractivity contribution in [2.24, 2.45) is 0 Å². The molecular weight excluding hydrogens is 318 g/mol. The minimum atomic E-state index is -1.24. The molecule has 0 bridgehead atoms.